The summed E-state index contributed by atoms with van der Waals surface area (Å²) < 4.78 is 7.48. The first-order valence-electron chi connectivity index (χ1n) is 7.60. The molecule has 5 rings (SSSR count). The van der Waals surface area contributed by atoms with Crippen LogP contribution in [-0.2, 0) is 0 Å². The van der Waals surface area contributed by atoms with Gasteiger partial charge in [-0.25, -0.2) is 15.0 Å². The summed E-state index contributed by atoms with van der Waals surface area (Å²) in [5.74, 6) is 0.681. The summed E-state index contributed by atoms with van der Waals surface area (Å²) in [6.07, 6.45) is 8.95. The number of hydrogen-bond donors (Lipinski definition) is 0. The Kier molecular flexibility index (Phi) is 2.72. The average Bonchev–Trinajstić information content (AvgIpc) is 3.31. The maximum Gasteiger partial charge on any atom is 0.161 e. The number of rotatable bonds is 2. The molecule has 0 atom stereocenters. The fourth-order valence-electron chi connectivity index (χ4n) is 2.90. The standard InChI is InChI=1S/C19H12N4O/c1-2-4-16-14(3-1)11-21-19(22-16)15-9-13-5-8-24-18(13)10-17(15)23-7-6-20-12-23/h1-12H. The molecule has 0 spiro atoms. The SMILES string of the molecule is c1ccc2nc(-c3cc4ccoc4cc3-n3ccnc3)ncc2c1. The van der Waals surface area contributed by atoms with Gasteiger partial charge in [0.15, 0.2) is 5.82 Å². The van der Waals surface area contributed by atoms with E-state index in [9.17, 15) is 0 Å². The highest BCUT2D eigenvalue weighted by Crippen LogP contribution is 2.30. The molecule has 5 nitrogen and oxygen atoms in total. The monoisotopic (exact) mass is 312 g/mol. The van der Waals surface area contributed by atoms with Crippen LogP contribution in [0, 0.1) is 0 Å². The molecule has 0 saturated heterocycles. The molecule has 3 heterocycles. The lowest BCUT2D eigenvalue weighted by Crippen LogP contribution is -1.97. The summed E-state index contributed by atoms with van der Waals surface area (Å²) in [6.45, 7) is 0. The quantitative estimate of drug-likeness (QED) is 0.489. The molecule has 2 aromatic carbocycles. The van der Waals surface area contributed by atoms with E-state index in [0.717, 1.165) is 33.1 Å². The Bertz CT molecular complexity index is 1160. The van der Waals surface area contributed by atoms with Crippen LogP contribution in [0.2, 0.25) is 0 Å². The van der Waals surface area contributed by atoms with E-state index < -0.39 is 0 Å². The van der Waals surface area contributed by atoms with Crippen molar-refractivity contribution in [3.05, 3.63) is 73.6 Å². The van der Waals surface area contributed by atoms with Crippen molar-refractivity contribution in [2.45, 2.75) is 0 Å². The van der Waals surface area contributed by atoms with Crippen molar-refractivity contribution in [3.63, 3.8) is 0 Å². The van der Waals surface area contributed by atoms with Crippen LogP contribution < -0.4 is 0 Å². The second-order valence-electron chi connectivity index (χ2n) is 5.55. The number of para-hydroxylation sites is 1. The number of benzene rings is 2. The minimum absolute atomic E-state index is 0.681. The molecular formula is C19H12N4O. The highest BCUT2D eigenvalue weighted by atomic mass is 16.3. The van der Waals surface area contributed by atoms with Crippen molar-refractivity contribution in [1.29, 1.82) is 0 Å². The Morgan fingerprint density at radius 2 is 1.96 bits per heavy atom. The van der Waals surface area contributed by atoms with E-state index in [0.29, 0.717) is 5.82 Å². The minimum Gasteiger partial charge on any atom is -0.464 e. The zero-order valence-electron chi connectivity index (χ0n) is 12.6. The lowest BCUT2D eigenvalue weighted by molar-refractivity contribution is 0.615. The van der Waals surface area contributed by atoms with Crippen LogP contribution in [-0.4, -0.2) is 19.5 Å². The third-order valence-electron chi connectivity index (χ3n) is 4.08. The van der Waals surface area contributed by atoms with Crippen LogP contribution in [0.1, 0.15) is 0 Å². The van der Waals surface area contributed by atoms with Crippen molar-refractivity contribution >= 4 is 21.9 Å². The first kappa shape index (κ1) is 13.0. The van der Waals surface area contributed by atoms with Gasteiger partial charge < -0.3 is 8.98 Å². The predicted molar refractivity (Wildman–Crippen MR) is 91.9 cm³/mol. The fraction of sp³-hybridized carbons (Fsp3) is 0. The average molecular weight is 312 g/mol. The van der Waals surface area contributed by atoms with Gasteiger partial charge in [-0.3, -0.25) is 0 Å². The normalized spacial score (nSPS) is 11.3. The Hall–Kier alpha value is -3.47. The van der Waals surface area contributed by atoms with Gasteiger partial charge in [0.05, 0.1) is 23.8 Å². The van der Waals surface area contributed by atoms with E-state index in [2.05, 4.69) is 16.0 Å². The van der Waals surface area contributed by atoms with Crippen molar-refractivity contribution in [2.75, 3.05) is 0 Å². The number of fused-ring (bicyclic) bond motifs is 2. The highest BCUT2D eigenvalue weighted by molar-refractivity contribution is 5.88. The molecule has 5 aromatic rings. The number of nitrogens with zero attached hydrogens (tertiary/aromatic N) is 4. The molecule has 0 aliphatic carbocycles. The number of hydrogen-bond acceptors (Lipinski definition) is 4. The molecule has 0 unspecified atom stereocenters. The molecule has 0 bridgehead atoms. The van der Waals surface area contributed by atoms with Crippen LogP contribution >= 0.6 is 0 Å². The number of imidazole rings is 1. The molecule has 0 aliphatic heterocycles. The molecule has 0 N–H and O–H groups in total. The van der Waals surface area contributed by atoms with Gasteiger partial charge in [-0.15, -0.1) is 0 Å². The summed E-state index contributed by atoms with van der Waals surface area (Å²) in [6, 6.07) is 14.0. The zero-order chi connectivity index (χ0) is 15.9. The van der Waals surface area contributed by atoms with Gasteiger partial charge in [0.25, 0.3) is 0 Å². The third kappa shape index (κ3) is 1.99. The minimum atomic E-state index is 0.681. The summed E-state index contributed by atoms with van der Waals surface area (Å²) in [4.78, 5) is 13.4. The molecule has 3 aromatic heterocycles. The Balaban J connectivity index is 1.81. The molecule has 0 amide bonds. The van der Waals surface area contributed by atoms with Crippen LogP contribution in [0.3, 0.4) is 0 Å². The Labute approximate surface area is 137 Å². The van der Waals surface area contributed by atoms with E-state index in [1.807, 2.05) is 53.4 Å². The first-order chi connectivity index (χ1) is 11.9. The molecular weight excluding hydrogens is 300 g/mol. The molecule has 0 radical (unpaired) electrons. The molecule has 0 fully saturated rings. The van der Waals surface area contributed by atoms with Gasteiger partial charge in [-0.1, -0.05) is 18.2 Å². The molecule has 5 heteroatoms. The Morgan fingerprint density at radius 3 is 2.88 bits per heavy atom. The van der Waals surface area contributed by atoms with Gasteiger partial charge in [0.2, 0.25) is 0 Å². The molecule has 0 aliphatic rings. The van der Waals surface area contributed by atoms with E-state index in [-0.39, 0.29) is 0 Å². The van der Waals surface area contributed by atoms with E-state index in [4.69, 9.17) is 9.40 Å². The van der Waals surface area contributed by atoms with E-state index >= 15 is 0 Å². The van der Waals surface area contributed by atoms with Gasteiger partial charge >= 0.3 is 0 Å². The van der Waals surface area contributed by atoms with E-state index in [1.165, 1.54) is 0 Å². The van der Waals surface area contributed by atoms with Crippen LogP contribution in [0.5, 0.6) is 0 Å². The fourth-order valence-corrected chi connectivity index (χ4v) is 2.90. The van der Waals surface area contributed by atoms with Crippen molar-refractivity contribution in [3.8, 4) is 17.1 Å². The maximum atomic E-state index is 5.54. The largest absolute Gasteiger partial charge is 0.464 e. The van der Waals surface area contributed by atoms with Gasteiger partial charge in [0.1, 0.15) is 5.58 Å². The van der Waals surface area contributed by atoms with Crippen molar-refractivity contribution in [1.82, 2.24) is 19.5 Å². The van der Waals surface area contributed by atoms with Crippen LogP contribution in [0.15, 0.2) is 78.1 Å². The molecule has 0 saturated carbocycles. The van der Waals surface area contributed by atoms with Crippen LogP contribution in [0.4, 0.5) is 0 Å². The van der Waals surface area contributed by atoms with Crippen molar-refractivity contribution in [2.24, 2.45) is 0 Å². The summed E-state index contributed by atoms with van der Waals surface area (Å²) in [5, 5.41) is 2.04. The molecule has 114 valence electrons. The number of aromatic nitrogens is 4. The zero-order valence-corrected chi connectivity index (χ0v) is 12.6. The van der Waals surface area contributed by atoms with Crippen LogP contribution in [0.25, 0.3) is 38.9 Å². The number of furan rings is 1. The predicted octanol–water partition coefficient (Wildman–Crippen LogP) is 4.23. The van der Waals surface area contributed by atoms with Crippen molar-refractivity contribution < 1.29 is 4.42 Å². The van der Waals surface area contributed by atoms with E-state index in [1.54, 1.807) is 18.8 Å². The lowest BCUT2D eigenvalue weighted by Gasteiger charge is -2.10. The van der Waals surface area contributed by atoms with Gasteiger partial charge in [-0.2, -0.15) is 0 Å². The van der Waals surface area contributed by atoms with Gasteiger partial charge in [-0.05, 0) is 18.2 Å². The Morgan fingerprint density at radius 1 is 1.00 bits per heavy atom. The highest BCUT2D eigenvalue weighted by Gasteiger charge is 2.13. The lowest BCUT2D eigenvalue weighted by atomic mass is 10.1. The third-order valence-corrected chi connectivity index (χ3v) is 4.08. The molecule has 24 heavy (non-hydrogen) atoms. The van der Waals surface area contributed by atoms with Gasteiger partial charge in [0, 0.05) is 41.0 Å². The smallest absolute Gasteiger partial charge is 0.161 e. The summed E-state index contributed by atoms with van der Waals surface area (Å²) in [7, 11) is 0. The first-order valence-corrected chi connectivity index (χ1v) is 7.60. The second kappa shape index (κ2) is 5.03. The summed E-state index contributed by atoms with van der Waals surface area (Å²) in [5.41, 5.74) is 3.62. The topological polar surface area (TPSA) is 56.7 Å². The maximum absolute atomic E-state index is 5.54. The second-order valence-corrected chi connectivity index (χ2v) is 5.55. The summed E-state index contributed by atoms with van der Waals surface area (Å²) >= 11 is 0.